The molecule has 3 N–H and O–H groups in total. The average molecular weight is 341 g/mol. The van der Waals surface area contributed by atoms with Crippen molar-refractivity contribution in [1.82, 2.24) is 10.6 Å². The molecule has 0 heterocycles. The maximum atomic E-state index is 11.1. The number of urea groups is 1. The molecular formula is C19H36N2O3. The first-order chi connectivity index (χ1) is 11.7. The number of carboxylic acid groups (broad SMARTS) is 1. The Balaban J connectivity index is 3.14. The van der Waals surface area contributed by atoms with Crippen LogP contribution in [0.15, 0.2) is 12.2 Å². The van der Waals surface area contributed by atoms with E-state index in [2.05, 4.69) is 16.7 Å². The minimum absolute atomic E-state index is 0.107. The quantitative estimate of drug-likeness (QED) is 0.283. The molecule has 24 heavy (non-hydrogen) atoms. The van der Waals surface area contributed by atoms with Crippen LogP contribution in [0.25, 0.3) is 0 Å². The zero-order valence-corrected chi connectivity index (χ0v) is 15.3. The summed E-state index contributed by atoms with van der Waals surface area (Å²) in [7, 11) is 0. The highest BCUT2D eigenvalue weighted by Gasteiger charge is 1.97. The minimum Gasteiger partial charge on any atom is -0.481 e. The molecule has 0 fully saturated rings. The number of carbonyl (C=O) groups excluding carboxylic acids is 1. The van der Waals surface area contributed by atoms with Crippen LogP contribution in [0.4, 0.5) is 4.79 Å². The smallest absolute Gasteiger partial charge is 0.315 e. The highest BCUT2D eigenvalue weighted by molar-refractivity contribution is 5.73. The number of unbranched alkanes of at least 4 members (excludes halogenated alkanes) is 10. The standard InChI is InChI=1S/C19H36N2O3/c1-2-20-19(24)21-17-15-13-11-9-7-5-3-4-6-8-10-12-14-16-18(22)23/h13,15H,2-12,14,16-17H2,1H3,(H,22,23)(H2,20,21,24). The van der Waals surface area contributed by atoms with E-state index in [1.807, 2.05) is 13.0 Å². The lowest BCUT2D eigenvalue weighted by molar-refractivity contribution is -0.137. The zero-order chi connectivity index (χ0) is 17.9. The molecule has 0 saturated heterocycles. The van der Waals surface area contributed by atoms with Crippen molar-refractivity contribution in [2.75, 3.05) is 13.1 Å². The number of carbonyl (C=O) groups is 2. The molecule has 0 aromatic carbocycles. The van der Waals surface area contributed by atoms with Gasteiger partial charge in [-0.25, -0.2) is 4.79 Å². The lowest BCUT2D eigenvalue weighted by Crippen LogP contribution is -2.35. The van der Waals surface area contributed by atoms with Crippen LogP contribution in [0.5, 0.6) is 0 Å². The van der Waals surface area contributed by atoms with Crippen molar-refractivity contribution in [2.45, 2.75) is 84.0 Å². The molecule has 0 bridgehead atoms. The maximum Gasteiger partial charge on any atom is 0.315 e. The van der Waals surface area contributed by atoms with Gasteiger partial charge in [0, 0.05) is 19.5 Å². The van der Waals surface area contributed by atoms with Gasteiger partial charge in [-0.05, 0) is 26.2 Å². The van der Waals surface area contributed by atoms with Crippen molar-refractivity contribution in [3.05, 3.63) is 12.2 Å². The van der Waals surface area contributed by atoms with Crippen molar-refractivity contribution in [2.24, 2.45) is 0 Å². The van der Waals surface area contributed by atoms with Gasteiger partial charge in [-0.1, -0.05) is 63.5 Å². The highest BCUT2D eigenvalue weighted by atomic mass is 16.4. The number of rotatable bonds is 16. The molecule has 0 atom stereocenters. The topological polar surface area (TPSA) is 78.4 Å². The van der Waals surface area contributed by atoms with Crippen LogP contribution in [0, 0.1) is 0 Å². The predicted molar refractivity (Wildman–Crippen MR) is 99.3 cm³/mol. The monoisotopic (exact) mass is 340 g/mol. The number of carboxylic acids is 1. The van der Waals surface area contributed by atoms with Crippen molar-refractivity contribution in [3.8, 4) is 0 Å². The molecule has 140 valence electrons. The van der Waals surface area contributed by atoms with E-state index >= 15 is 0 Å². The van der Waals surface area contributed by atoms with Gasteiger partial charge in [-0.3, -0.25) is 4.79 Å². The SMILES string of the molecule is CCNC(=O)NCC=CCCCCCCCCCCCCC(=O)O. The fourth-order valence-electron chi connectivity index (χ4n) is 2.53. The average Bonchev–Trinajstić information content (AvgIpc) is 2.54. The number of hydrogen-bond donors (Lipinski definition) is 3. The number of aliphatic carboxylic acids is 1. The summed E-state index contributed by atoms with van der Waals surface area (Å²) in [5.41, 5.74) is 0. The lowest BCUT2D eigenvalue weighted by Gasteiger charge is -2.02. The van der Waals surface area contributed by atoms with Crippen LogP contribution in [0.3, 0.4) is 0 Å². The normalized spacial score (nSPS) is 10.9. The summed E-state index contributed by atoms with van der Waals surface area (Å²) in [5, 5.41) is 14.0. The summed E-state index contributed by atoms with van der Waals surface area (Å²) in [6.07, 6.45) is 17.5. The largest absolute Gasteiger partial charge is 0.481 e. The summed E-state index contributed by atoms with van der Waals surface area (Å²) in [5.74, 6) is -0.678. The second-order valence-electron chi connectivity index (χ2n) is 6.18. The second-order valence-corrected chi connectivity index (χ2v) is 6.18. The summed E-state index contributed by atoms with van der Waals surface area (Å²) >= 11 is 0. The molecule has 0 aliphatic rings. The Hall–Kier alpha value is -1.52. The molecule has 0 aliphatic carbocycles. The van der Waals surface area contributed by atoms with Crippen molar-refractivity contribution in [3.63, 3.8) is 0 Å². The Bertz CT molecular complexity index is 344. The first kappa shape index (κ1) is 22.5. The predicted octanol–water partition coefficient (Wildman–Crippen LogP) is 4.63. The second kappa shape index (κ2) is 17.8. The molecule has 0 unspecified atom stereocenters. The van der Waals surface area contributed by atoms with Gasteiger partial charge in [0.05, 0.1) is 0 Å². The number of nitrogens with one attached hydrogen (secondary N) is 2. The van der Waals surface area contributed by atoms with Gasteiger partial charge in [0.2, 0.25) is 0 Å². The van der Waals surface area contributed by atoms with Crippen molar-refractivity contribution >= 4 is 12.0 Å². The molecule has 0 aromatic rings. The Labute approximate surface area is 147 Å². The molecular weight excluding hydrogens is 304 g/mol. The third-order valence-electron chi connectivity index (χ3n) is 3.90. The maximum absolute atomic E-state index is 11.1. The Morgan fingerprint density at radius 3 is 1.88 bits per heavy atom. The van der Waals surface area contributed by atoms with Crippen LogP contribution in [-0.4, -0.2) is 30.2 Å². The van der Waals surface area contributed by atoms with Gasteiger partial charge in [0.1, 0.15) is 0 Å². The van der Waals surface area contributed by atoms with Crippen LogP contribution in [0.2, 0.25) is 0 Å². The van der Waals surface area contributed by atoms with Gasteiger partial charge in [-0.2, -0.15) is 0 Å². The van der Waals surface area contributed by atoms with E-state index in [4.69, 9.17) is 5.11 Å². The number of hydrogen-bond acceptors (Lipinski definition) is 2. The molecule has 0 aliphatic heterocycles. The van der Waals surface area contributed by atoms with Crippen LogP contribution in [0.1, 0.15) is 84.0 Å². The van der Waals surface area contributed by atoms with Crippen LogP contribution < -0.4 is 10.6 Å². The van der Waals surface area contributed by atoms with Crippen molar-refractivity contribution < 1.29 is 14.7 Å². The van der Waals surface area contributed by atoms with Gasteiger partial charge >= 0.3 is 12.0 Å². The van der Waals surface area contributed by atoms with E-state index < -0.39 is 5.97 Å². The van der Waals surface area contributed by atoms with Gasteiger partial charge in [0.15, 0.2) is 0 Å². The van der Waals surface area contributed by atoms with Gasteiger partial charge in [0.25, 0.3) is 0 Å². The Morgan fingerprint density at radius 1 is 0.792 bits per heavy atom. The van der Waals surface area contributed by atoms with E-state index in [1.54, 1.807) is 0 Å². The molecule has 5 heteroatoms. The van der Waals surface area contributed by atoms with E-state index in [0.717, 1.165) is 19.3 Å². The fraction of sp³-hybridized carbons (Fsp3) is 0.789. The van der Waals surface area contributed by atoms with Gasteiger partial charge in [-0.15, -0.1) is 0 Å². The summed E-state index contributed by atoms with van der Waals surface area (Å²) in [6, 6.07) is -0.107. The third-order valence-corrected chi connectivity index (χ3v) is 3.90. The van der Waals surface area contributed by atoms with E-state index in [0.29, 0.717) is 19.5 Å². The fourth-order valence-corrected chi connectivity index (χ4v) is 2.53. The number of amides is 2. The van der Waals surface area contributed by atoms with E-state index in [-0.39, 0.29) is 6.03 Å². The third kappa shape index (κ3) is 18.5. The Kier molecular flexibility index (Phi) is 16.7. The highest BCUT2D eigenvalue weighted by Crippen LogP contribution is 2.12. The summed E-state index contributed by atoms with van der Waals surface area (Å²) in [4.78, 5) is 21.5. The summed E-state index contributed by atoms with van der Waals surface area (Å²) < 4.78 is 0. The Morgan fingerprint density at radius 2 is 1.33 bits per heavy atom. The van der Waals surface area contributed by atoms with Gasteiger partial charge < -0.3 is 15.7 Å². The molecule has 0 aromatic heterocycles. The molecule has 2 amide bonds. The van der Waals surface area contributed by atoms with Crippen molar-refractivity contribution in [1.29, 1.82) is 0 Å². The van der Waals surface area contributed by atoms with E-state index in [1.165, 1.54) is 51.4 Å². The first-order valence-electron chi connectivity index (χ1n) is 9.55. The number of allylic oxidation sites excluding steroid dienone is 1. The molecule has 0 spiro atoms. The zero-order valence-electron chi connectivity index (χ0n) is 15.3. The minimum atomic E-state index is -0.678. The molecule has 5 nitrogen and oxygen atoms in total. The molecule has 0 rings (SSSR count). The van der Waals surface area contributed by atoms with Crippen LogP contribution >= 0.6 is 0 Å². The van der Waals surface area contributed by atoms with E-state index in [9.17, 15) is 9.59 Å². The lowest BCUT2D eigenvalue weighted by atomic mass is 10.1. The first-order valence-corrected chi connectivity index (χ1v) is 9.55. The summed E-state index contributed by atoms with van der Waals surface area (Å²) in [6.45, 7) is 3.15. The molecule has 0 saturated carbocycles. The van der Waals surface area contributed by atoms with Crippen LogP contribution in [-0.2, 0) is 4.79 Å². The molecule has 0 radical (unpaired) electrons.